The average Bonchev–Trinajstić information content (AvgIpc) is 2.70. The first-order valence-corrected chi connectivity index (χ1v) is 4.60. The number of nitrogens with zero attached hydrogens (tertiary/aromatic N) is 1. The zero-order valence-corrected chi connectivity index (χ0v) is 8.16. The average molecular weight is 227 g/mol. The standard InChI is InChI=1S/C11H8F3NO/c12-11(13,14)9-3-1-2-8(6-9)7-10-15-4-5-16-10/h1-6H,7H2. The highest BCUT2D eigenvalue weighted by atomic mass is 19.4. The van der Waals surface area contributed by atoms with Crippen molar-refractivity contribution in [1.29, 1.82) is 0 Å². The number of aromatic nitrogens is 1. The van der Waals surface area contributed by atoms with Crippen LogP contribution in [-0.4, -0.2) is 4.98 Å². The molecular formula is C11H8F3NO. The Kier molecular flexibility index (Phi) is 2.68. The first kappa shape index (κ1) is 10.7. The van der Waals surface area contributed by atoms with Gasteiger partial charge in [-0.1, -0.05) is 18.2 Å². The molecule has 1 heterocycles. The van der Waals surface area contributed by atoms with E-state index in [1.165, 1.54) is 18.5 Å². The molecule has 0 fully saturated rings. The van der Waals surface area contributed by atoms with Gasteiger partial charge in [0.1, 0.15) is 6.26 Å². The van der Waals surface area contributed by atoms with E-state index in [-0.39, 0.29) is 6.42 Å². The summed E-state index contributed by atoms with van der Waals surface area (Å²) in [6.45, 7) is 0. The van der Waals surface area contributed by atoms with Crippen molar-refractivity contribution >= 4 is 0 Å². The number of hydrogen-bond acceptors (Lipinski definition) is 2. The van der Waals surface area contributed by atoms with E-state index in [1.54, 1.807) is 6.07 Å². The van der Waals surface area contributed by atoms with Gasteiger partial charge in [-0.05, 0) is 11.6 Å². The third-order valence-corrected chi connectivity index (χ3v) is 2.09. The highest BCUT2D eigenvalue weighted by molar-refractivity contribution is 5.27. The van der Waals surface area contributed by atoms with Gasteiger partial charge in [-0.25, -0.2) is 4.98 Å². The summed E-state index contributed by atoms with van der Waals surface area (Å²) < 4.78 is 42.2. The predicted octanol–water partition coefficient (Wildman–Crippen LogP) is 3.28. The molecule has 0 amide bonds. The summed E-state index contributed by atoms with van der Waals surface area (Å²) >= 11 is 0. The van der Waals surface area contributed by atoms with Crippen molar-refractivity contribution in [2.75, 3.05) is 0 Å². The summed E-state index contributed by atoms with van der Waals surface area (Å²) in [6, 6.07) is 5.13. The van der Waals surface area contributed by atoms with Crippen LogP contribution in [0.15, 0.2) is 41.1 Å². The molecule has 84 valence electrons. The zero-order chi connectivity index (χ0) is 11.6. The van der Waals surface area contributed by atoms with Crippen LogP contribution >= 0.6 is 0 Å². The van der Waals surface area contributed by atoms with Crippen molar-refractivity contribution in [3.05, 3.63) is 53.7 Å². The molecule has 0 bridgehead atoms. The van der Waals surface area contributed by atoms with E-state index < -0.39 is 11.7 Å². The second-order valence-corrected chi connectivity index (χ2v) is 3.30. The molecule has 0 aliphatic rings. The topological polar surface area (TPSA) is 26.0 Å². The maximum absolute atomic E-state index is 12.4. The van der Waals surface area contributed by atoms with E-state index in [0.717, 1.165) is 12.1 Å². The highest BCUT2D eigenvalue weighted by Crippen LogP contribution is 2.29. The largest absolute Gasteiger partial charge is 0.449 e. The van der Waals surface area contributed by atoms with E-state index in [4.69, 9.17) is 4.42 Å². The molecule has 0 saturated carbocycles. The SMILES string of the molecule is FC(F)(F)c1cccc(Cc2ncco2)c1. The molecule has 1 aromatic heterocycles. The van der Waals surface area contributed by atoms with E-state index in [0.29, 0.717) is 11.5 Å². The number of alkyl halides is 3. The minimum absolute atomic E-state index is 0.261. The molecule has 2 aromatic rings. The molecule has 0 aliphatic heterocycles. The maximum atomic E-state index is 12.4. The first-order valence-electron chi connectivity index (χ1n) is 4.60. The Morgan fingerprint density at radius 1 is 1.25 bits per heavy atom. The Morgan fingerprint density at radius 3 is 2.69 bits per heavy atom. The van der Waals surface area contributed by atoms with Gasteiger partial charge in [-0.15, -0.1) is 0 Å². The van der Waals surface area contributed by atoms with Crippen LogP contribution in [0.4, 0.5) is 13.2 Å². The van der Waals surface area contributed by atoms with Crippen molar-refractivity contribution in [2.24, 2.45) is 0 Å². The van der Waals surface area contributed by atoms with Gasteiger partial charge in [0, 0.05) is 6.42 Å². The Bertz CT molecular complexity index is 462. The molecule has 0 unspecified atom stereocenters. The number of rotatable bonds is 2. The van der Waals surface area contributed by atoms with Gasteiger partial charge < -0.3 is 4.42 Å². The predicted molar refractivity (Wildman–Crippen MR) is 50.8 cm³/mol. The monoisotopic (exact) mass is 227 g/mol. The van der Waals surface area contributed by atoms with Gasteiger partial charge in [0.25, 0.3) is 0 Å². The van der Waals surface area contributed by atoms with Crippen molar-refractivity contribution < 1.29 is 17.6 Å². The summed E-state index contributed by atoms with van der Waals surface area (Å²) in [7, 11) is 0. The van der Waals surface area contributed by atoms with Crippen LogP contribution in [0.2, 0.25) is 0 Å². The van der Waals surface area contributed by atoms with Gasteiger partial charge in [-0.2, -0.15) is 13.2 Å². The van der Waals surface area contributed by atoms with E-state index in [2.05, 4.69) is 4.98 Å². The summed E-state index contributed by atoms with van der Waals surface area (Å²) in [4.78, 5) is 3.86. The van der Waals surface area contributed by atoms with Crippen molar-refractivity contribution in [3.63, 3.8) is 0 Å². The number of hydrogen-bond donors (Lipinski definition) is 0. The third-order valence-electron chi connectivity index (χ3n) is 2.09. The smallest absolute Gasteiger partial charge is 0.416 e. The zero-order valence-electron chi connectivity index (χ0n) is 8.16. The van der Waals surface area contributed by atoms with E-state index in [9.17, 15) is 13.2 Å². The van der Waals surface area contributed by atoms with Crippen LogP contribution in [-0.2, 0) is 12.6 Å². The maximum Gasteiger partial charge on any atom is 0.416 e. The van der Waals surface area contributed by atoms with Crippen LogP contribution in [0.25, 0.3) is 0 Å². The molecule has 0 N–H and O–H groups in total. The van der Waals surface area contributed by atoms with Crippen LogP contribution in [0, 0.1) is 0 Å². The fourth-order valence-corrected chi connectivity index (χ4v) is 1.37. The fourth-order valence-electron chi connectivity index (χ4n) is 1.37. The molecule has 2 nitrogen and oxygen atoms in total. The fraction of sp³-hybridized carbons (Fsp3) is 0.182. The van der Waals surface area contributed by atoms with Gasteiger partial charge in [0.05, 0.1) is 11.8 Å². The van der Waals surface area contributed by atoms with Gasteiger partial charge in [-0.3, -0.25) is 0 Å². The molecular weight excluding hydrogens is 219 g/mol. The number of benzene rings is 1. The van der Waals surface area contributed by atoms with E-state index in [1.807, 2.05) is 0 Å². The van der Waals surface area contributed by atoms with Crippen molar-refractivity contribution in [3.8, 4) is 0 Å². The van der Waals surface area contributed by atoms with Gasteiger partial charge >= 0.3 is 6.18 Å². The lowest BCUT2D eigenvalue weighted by atomic mass is 10.1. The van der Waals surface area contributed by atoms with Crippen LogP contribution in [0.3, 0.4) is 0 Å². The molecule has 0 aliphatic carbocycles. The first-order chi connectivity index (χ1) is 7.55. The third kappa shape index (κ3) is 2.42. The Hall–Kier alpha value is -1.78. The van der Waals surface area contributed by atoms with Crippen LogP contribution in [0.1, 0.15) is 17.0 Å². The lowest BCUT2D eigenvalue weighted by Gasteiger charge is -2.07. The molecule has 0 spiro atoms. The summed E-state index contributed by atoms with van der Waals surface area (Å²) in [5, 5.41) is 0. The molecule has 0 radical (unpaired) electrons. The molecule has 2 rings (SSSR count). The quantitative estimate of drug-likeness (QED) is 0.786. The van der Waals surface area contributed by atoms with Gasteiger partial charge in [0.15, 0.2) is 5.89 Å². The van der Waals surface area contributed by atoms with Crippen LogP contribution < -0.4 is 0 Å². The number of oxazole rings is 1. The second kappa shape index (κ2) is 4.00. The molecule has 16 heavy (non-hydrogen) atoms. The summed E-state index contributed by atoms with van der Waals surface area (Å²) in [6.07, 6.45) is -1.20. The summed E-state index contributed by atoms with van der Waals surface area (Å²) in [5.74, 6) is 0.402. The Balaban J connectivity index is 2.23. The Morgan fingerprint density at radius 2 is 2.06 bits per heavy atom. The van der Waals surface area contributed by atoms with Crippen molar-refractivity contribution in [1.82, 2.24) is 4.98 Å². The minimum atomic E-state index is -4.31. The minimum Gasteiger partial charge on any atom is -0.449 e. The molecule has 5 heteroatoms. The molecule has 0 saturated heterocycles. The Labute approximate surface area is 89.7 Å². The summed E-state index contributed by atoms with van der Waals surface area (Å²) in [5.41, 5.74) is -0.131. The van der Waals surface area contributed by atoms with Crippen LogP contribution in [0.5, 0.6) is 0 Å². The molecule has 0 atom stereocenters. The number of halogens is 3. The van der Waals surface area contributed by atoms with Gasteiger partial charge in [0.2, 0.25) is 0 Å². The van der Waals surface area contributed by atoms with E-state index >= 15 is 0 Å². The molecule has 1 aromatic carbocycles. The normalized spacial score (nSPS) is 11.7. The second-order valence-electron chi connectivity index (χ2n) is 3.30. The lowest BCUT2D eigenvalue weighted by Crippen LogP contribution is -2.05. The lowest BCUT2D eigenvalue weighted by molar-refractivity contribution is -0.137. The highest BCUT2D eigenvalue weighted by Gasteiger charge is 2.30. The van der Waals surface area contributed by atoms with Crippen molar-refractivity contribution in [2.45, 2.75) is 12.6 Å².